The monoisotopic (exact) mass is 280 g/mol. The summed E-state index contributed by atoms with van der Waals surface area (Å²) in [7, 11) is -3.48. The number of rotatable bonds is 5. The van der Waals surface area contributed by atoms with E-state index in [0.29, 0.717) is 24.2 Å². The maximum atomic E-state index is 12.6. The van der Waals surface area contributed by atoms with Crippen molar-refractivity contribution >= 4 is 10.0 Å². The van der Waals surface area contributed by atoms with Crippen molar-refractivity contribution in [1.29, 1.82) is 5.26 Å². The first kappa shape index (κ1) is 15.7. The Morgan fingerprint density at radius 3 is 2.42 bits per heavy atom. The second kappa shape index (κ2) is 6.18. The molecule has 0 aliphatic rings. The first-order valence-corrected chi connectivity index (χ1v) is 7.77. The zero-order valence-electron chi connectivity index (χ0n) is 11.8. The van der Waals surface area contributed by atoms with Gasteiger partial charge in [0.1, 0.15) is 0 Å². The normalized spacial score (nSPS) is 11.8. The zero-order chi connectivity index (χ0) is 14.6. The van der Waals surface area contributed by atoms with E-state index in [0.717, 1.165) is 0 Å². The van der Waals surface area contributed by atoms with E-state index in [1.807, 2.05) is 26.8 Å². The molecule has 0 aliphatic carbocycles. The summed E-state index contributed by atoms with van der Waals surface area (Å²) >= 11 is 0. The Hall–Kier alpha value is -1.38. The fourth-order valence-electron chi connectivity index (χ4n) is 1.95. The lowest BCUT2D eigenvalue weighted by Crippen LogP contribution is -2.34. The minimum atomic E-state index is -3.48. The number of hydrogen-bond donors (Lipinski definition) is 0. The fraction of sp³-hybridized carbons (Fsp3) is 0.500. The Morgan fingerprint density at radius 2 is 2.00 bits per heavy atom. The van der Waals surface area contributed by atoms with Crippen molar-refractivity contribution in [3.05, 3.63) is 29.3 Å². The molecule has 4 nitrogen and oxygen atoms in total. The van der Waals surface area contributed by atoms with Gasteiger partial charge in [-0.25, -0.2) is 8.42 Å². The molecule has 0 aliphatic heterocycles. The van der Waals surface area contributed by atoms with Gasteiger partial charge in [0.25, 0.3) is 0 Å². The molecule has 1 aromatic rings. The summed E-state index contributed by atoms with van der Waals surface area (Å²) in [5.41, 5.74) is 1.09. The van der Waals surface area contributed by atoms with Crippen molar-refractivity contribution < 1.29 is 8.42 Å². The van der Waals surface area contributed by atoms with Crippen LogP contribution >= 0.6 is 0 Å². The number of nitriles is 1. The van der Waals surface area contributed by atoms with Gasteiger partial charge in [-0.3, -0.25) is 0 Å². The van der Waals surface area contributed by atoms with Crippen molar-refractivity contribution in [3.8, 4) is 6.07 Å². The molecule has 104 valence electrons. The number of hydrogen-bond acceptors (Lipinski definition) is 3. The molecular weight excluding hydrogens is 260 g/mol. The van der Waals surface area contributed by atoms with E-state index < -0.39 is 10.0 Å². The molecule has 1 rings (SSSR count). The molecule has 1 aromatic carbocycles. The lowest BCUT2D eigenvalue weighted by atomic mass is 10.2. The predicted octanol–water partition coefficient (Wildman–Crippen LogP) is 2.53. The molecule has 0 saturated heterocycles. The predicted molar refractivity (Wildman–Crippen MR) is 75.2 cm³/mol. The zero-order valence-corrected chi connectivity index (χ0v) is 12.7. The standard InChI is InChI=1S/C14H20N2O2S/c1-5-16(10-11(2)3)19(17,18)14-7-6-13(9-15)8-12(14)4/h6-8,11H,5,10H2,1-4H3. The van der Waals surface area contributed by atoms with Gasteiger partial charge in [-0.05, 0) is 36.6 Å². The van der Waals surface area contributed by atoms with Crippen LogP contribution in [-0.2, 0) is 10.0 Å². The molecule has 0 spiro atoms. The van der Waals surface area contributed by atoms with Crippen molar-refractivity contribution in [2.45, 2.75) is 32.6 Å². The van der Waals surface area contributed by atoms with Gasteiger partial charge in [-0.1, -0.05) is 20.8 Å². The maximum Gasteiger partial charge on any atom is 0.243 e. The van der Waals surface area contributed by atoms with Gasteiger partial charge in [-0.15, -0.1) is 0 Å². The van der Waals surface area contributed by atoms with Gasteiger partial charge in [0, 0.05) is 13.1 Å². The van der Waals surface area contributed by atoms with Crippen LogP contribution in [-0.4, -0.2) is 25.8 Å². The molecule has 19 heavy (non-hydrogen) atoms. The van der Waals surface area contributed by atoms with Crippen LogP contribution in [0.2, 0.25) is 0 Å². The molecule has 0 heterocycles. The molecule has 0 bridgehead atoms. The van der Waals surface area contributed by atoms with Crippen LogP contribution in [0.25, 0.3) is 0 Å². The van der Waals surface area contributed by atoms with E-state index in [-0.39, 0.29) is 10.8 Å². The molecule has 0 radical (unpaired) electrons. The molecular formula is C14H20N2O2S. The van der Waals surface area contributed by atoms with E-state index in [4.69, 9.17) is 5.26 Å². The van der Waals surface area contributed by atoms with Gasteiger partial charge in [0.05, 0.1) is 16.5 Å². The van der Waals surface area contributed by atoms with Crippen LogP contribution in [0.3, 0.4) is 0 Å². The summed E-state index contributed by atoms with van der Waals surface area (Å²) in [5, 5.41) is 8.82. The third kappa shape index (κ3) is 3.55. The van der Waals surface area contributed by atoms with E-state index in [1.165, 1.54) is 10.4 Å². The highest BCUT2D eigenvalue weighted by Crippen LogP contribution is 2.21. The Morgan fingerprint density at radius 1 is 1.37 bits per heavy atom. The molecule has 0 fully saturated rings. The molecule has 0 unspecified atom stereocenters. The van der Waals surface area contributed by atoms with E-state index in [2.05, 4.69) is 0 Å². The van der Waals surface area contributed by atoms with Gasteiger partial charge in [-0.2, -0.15) is 9.57 Å². The van der Waals surface area contributed by atoms with E-state index in [9.17, 15) is 8.42 Å². The lowest BCUT2D eigenvalue weighted by molar-refractivity contribution is 0.380. The Bertz CT molecular complexity index is 586. The molecule has 0 aromatic heterocycles. The summed E-state index contributed by atoms with van der Waals surface area (Å²) in [6.45, 7) is 8.47. The summed E-state index contributed by atoms with van der Waals surface area (Å²) in [4.78, 5) is 0.286. The Labute approximate surface area is 115 Å². The fourth-order valence-corrected chi connectivity index (χ4v) is 3.77. The van der Waals surface area contributed by atoms with Crippen molar-refractivity contribution in [2.24, 2.45) is 5.92 Å². The highest BCUT2D eigenvalue weighted by atomic mass is 32.2. The largest absolute Gasteiger partial charge is 0.243 e. The third-order valence-corrected chi connectivity index (χ3v) is 4.94. The molecule has 0 N–H and O–H groups in total. The average Bonchev–Trinajstić information content (AvgIpc) is 2.34. The smallest absolute Gasteiger partial charge is 0.207 e. The Kier molecular flexibility index (Phi) is 5.10. The van der Waals surface area contributed by atoms with Gasteiger partial charge in [0.15, 0.2) is 0 Å². The van der Waals surface area contributed by atoms with Crippen LogP contribution in [0, 0.1) is 24.2 Å². The van der Waals surface area contributed by atoms with Crippen molar-refractivity contribution in [1.82, 2.24) is 4.31 Å². The topological polar surface area (TPSA) is 61.2 Å². The highest BCUT2D eigenvalue weighted by molar-refractivity contribution is 7.89. The number of aryl methyl sites for hydroxylation is 1. The molecule has 0 saturated carbocycles. The van der Waals surface area contributed by atoms with Gasteiger partial charge >= 0.3 is 0 Å². The number of benzene rings is 1. The third-order valence-electron chi connectivity index (χ3n) is 2.84. The molecule has 5 heteroatoms. The Balaban J connectivity index is 3.23. The average molecular weight is 280 g/mol. The van der Waals surface area contributed by atoms with Crippen LogP contribution in [0.15, 0.2) is 23.1 Å². The SMILES string of the molecule is CCN(CC(C)C)S(=O)(=O)c1ccc(C#N)cc1C. The second-order valence-corrected chi connectivity index (χ2v) is 6.85. The highest BCUT2D eigenvalue weighted by Gasteiger charge is 2.25. The van der Waals surface area contributed by atoms with Gasteiger partial charge in [0.2, 0.25) is 10.0 Å². The molecule has 0 atom stereocenters. The second-order valence-electron chi connectivity index (χ2n) is 4.94. The van der Waals surface area contributed by atoms with Crippen molar-refractivity contribution in [2.75, 3.05) is 13.1 Å². The molecule has 0 amide bonds. The lowest BCUT2D eigenvalue weighted by Gasteiger charge is -2.23. The first-order chi connectivity index (χ1) is 8.82. The summed E-state index contributed by atoms with van der Waals surface area (Å²) in [5.74, 6) is 0.272. The first-order valence-electron chi connectivity index (χ1n) is 6.33. The summed E-state index contributed by atoms with van der Waals surface area (Å²) in [6.07, 6.45) is 0. The quantitative estimate of drug-likeness (QED) is 0.832. The van der Waals surface area contributed by atoms with Crippen LogP contribution in [0.5, 0.6) is 0 Å². The minimum Gasteiger partial charge on any atom is -0.207 e. The van der Waals surface area contributed by atoms with E-state index >= 15 is 0 Å². The van der Waals surface area contributed by atoms with Crippen molar-refractivity contribution in [3.63, 3.8) is 0 Å². The van der Waals surface area contributed by atoms with E-state index in [1.54, 1.807) is 19.1 Å². The number of sulfonamides is 1. The number of nitrogens with zero attached hydrogens (tertiary/aromatic N) is 2. The van der Waals surface area contributed by atoms with Crippen LogP contribution in [0.1, 0.15) is 31.9 Å². The summed E-state index contributed by atoms with van der Waals surface area (Å²) in [6, 6.07) is 6.69. The maximum absolute atomic E-state index is 12.6. The van der Waals surface area contributed by atoms with Gasteiger partial charge < -0.3 is 0 Å². The van der Waals surface area contributed by atoms with Crippen LogP contribution < -0.4 is 0 Å². The summed E-state index contributed by atoms with van der Waals surface area (Å²) < 4.78 is 26.6. The minimum absolute atomic E-state index is 0.272. The van der Waals surface area contributed by atoms with Crippen LogP contribution in [0.4, 0.5) is 0 Å².